The lowest BCUT2D eigenvalue weighted by atomic mass is 9.66. The molecule has 112 valence electrons. The van der Waals surface area contributed by atoms with Crippen LogP contribution in [-0.4, -0.2) is 0 Å². The summed E-state index contributed by atoms with van der Waals surface area (Å²) in [5.41, 5.74) is 3.11. The summed E-state index contributed by atoms with van der Waals surface area (Å²) in [5, 5.41) is 0.165. The molecule has 0 heterocycles. The lowest BCUT2D eigenvalue weighted by Gasteiger charge is -2.41. The summed E-state index contributed by atoms with van der Waals surface area (Å²) in [6.45, 7) is 9.31. The van der Waals surface area contributed by atoms with Crippen molar-refractivity contribution in [2.75, 3.05) is 0 Å². The zero-order chi connectivity index (χ0) is 14.8. The van der Waals surface area contributed by atoms with E-state index in [-0.39, 0.29) is 5.38 Å². The molecule has 2 atom stereocenters. The standard InChI is InChI=1S/C19H29Cl/c1-14(2)13-15-8-10-16(11-9-15)18(20)17-7-5-6-12-19(17,3)4/h8-11,14,17-18H,5-7,12-13H2,1-4H3. The first-order valence-electron chi connectivity index (χ1n) is 8.13. The van der Waals surface area contributed by atoms with Gasteiger partial charge in [0.2, 0.25) is 0 Å². The number of hydrogen-bond acceptors (Lipinski definition) is 0. The Morgan fingerprint density at radius 2 is 1.80 bits per heavy atom. The van der Waals surface area contributed by atoms with E-state index < -0.39 is 0 Å². The second-order valence-electron chi connectivity index (χ2n) is 7.58. The van der Waals surface area contributed by atoms with Crippen LogP contribution in [0, 0.1) is 17.3 Å². The molecule has 1 heteroatoms. The first-order chi connectivity index (χ1) is 9.40. The van der Waals surface area contributed by atoms with Gasteiger partial charge in [-0.25, -0.2) is 0 Å². The minimum Gasteiger partial charge on any atom is -0.118 e. The second-order valence-corrected chi connectivity index (χ2v) is 8.05. The Labute approximate surface area is 129 Å². The molecule has 20 heavy (non-hydrogen) atoms. The molecule has 2 unspecified atom stereocenters. The van der Waals surface area contributed by atoms with E-state index in [1.54, 1.807) is 0 Å². The van der Waals surface area contributed by atoms with Crippen LogP contribution in [0.25, 0.3) is 0 Å². The fraction of sp³-hybridized carbons (Fsp3) is 0.684. The molecule has 2 rings (SSSR count). The molecule has 1 fully saturated rings. The summed E-state index contributed by atoms with van der Waals surface area (Å²) in [7, 11) is 0. The Kier molecular flexibility index (Phi) is 5.18. The van der Waals surface area contributed by atoms with Gasteiger partial charge in [0.1, 0.15) is 0 Å². The lowest BCUT2D eigenvalue weighted by molar-refractivity contribution is 0.133. The number of hydrogen-bond donors (Lipinski definition) is 0. The van der Waals surface area contributed by atoms with Gasteiger partial charge in [-0.2, -0.15) is 0 Å². The van der Waals surface area contributed by atoms with E-state index >= 15 is 0 Å². The molecular formula is C19H29Cl. The second kappa shape index (κ2) is 6.52. The Morgan fingerprint density at radius 3 is 2.35 bits per heavy atom. The van der Waals surface area contributed by atoms with E-state index in [0.29, 0.717) is 17.3 Å². The lowest BCUT2D eigenvalue weighted by Crippen LogP contribution is -2.30. The zero-order valence-corrected chi connectivity index (χ0v) is 14.2. The third-order valence-corrected chi connectivity index (χ3v) is 5.44. The van der Waals surface area contributed by atoms with Crippen molar-refractivity contribution < 1.29 is 0 Å². The maximum absolute atomic E-state index is 6.83. The molecule has 0 spiro atoms. The van der Waals surface area contributed by atoms with Crippen LogP contribution in [0.5, 0.6) is 0 Å². The molecule has 1 saturated carbocycles. The van der Waals surface area contributed by atoms with E-state index in [2.05, 4.69) is 52.0 Å². The highest BCUT2D eigenvalue weighted by Crippen LogP contribution is 2.49. The topological polar surface area (TPSA) is 0 Å². The van der Waals surface area contributed by atoms with Gasteiger partial charge in [-0.3, -0.25) is 0 Å². The van der Waals surface area contributed by atoms with Gasteiger partial charge in [-0.15, -0.1) is 11.6 Å². The highest BCUT2D eigenvalue weighted by molar-refractivity contribution is 6.21. The number of benzene rings is 1. The molecule has 1 aliphatic rings. The smallest absolute Gasteiger partial charge is 0.0618 e. The van der Waals surface area contributed by atoms with Crippen LogP contribution in [0.1, 0.15) is 69.9 Å². The van der Waals surface area contributed by atoms with E-state index in [9.17, 15) is 0 Å². The van der Waals surface area contributed by atoms with E-state index in [1.807, 2.05) is 0 Å². The van der Waals surface area contributed by atoms with Crippen LogP contribution in [0.4, 0.5) is 0 Å². The summed E-state index contributed by atoms with van der Waals surface area (Å²) < 4.78 is 0. The quantitative estimate of drug-likeness (QED) is 0.565. The zero-order valence-electron chi connectivity index (χ0n) is 13.5. The number of halogens is 1. The van der Waals surface area contributed by atoms with E-state index in [4.69, 9.17) is 11.6 Å². The van der Waals surface area contributed by atoms with Gasteiger partial charge in [-0.1, -0.05) is 64.8 Å². The van der Waals surface area contributed by atoms with Crippen LogP contribution in [0.15, 0.2) is 24.3 Å². The van der Waals surface area contributed by atoms with Gasteiger partial charge in [0, 0.05) is 0 Å². The Morgan fingerprint density at radius 1 is 1.15 bits per heavy atom. The average Bonchev–Trinajstić information content (AvgIpc) is 2.37. The Balaban J connectivity index is 2.10. The molecule has 0 amide bonds. The highest BCUT2D eigenvalue weighted by atomic mass is 35.5. The SMILES string of the molecule is CC(C)Cc1ccc(C(Cl)C2CCCCC2(C)C)cc1. The van der Waals surface area contributed by atoms with Crippen LogP contribution in [0.2, 0.25) is 0 Å². The minimum absolute atomic E-state index is 0.165. The van der Waals surface area contributed by atoms with Crippen LogP contribution < -0.4 is 0 Å². The van der Waals surface area contributed by atoms with Crippen molar-refractivity contribution in [1.29, 1.82) is 0 Å². The maximum Gasteiger partial charge on any atom is 0.0618 e. The molecule has 0 aromatic heterocycles. The van der Waals surface area contributed by atoms with Crippen molar-refractivity contribution in [3.8, 4) is 0 Å². The molecule has 0 saturated heterocycles. The monoisotopic (exact) mass is 292 g/mol. The van der Waals surface area contributed by atoms with Crippen molar-refractivity contribution >= 4 is 11.6 Å². The fourth-order valence-corrected chi connectivity index (χ4v) is 4.22. The number of alkyl halides is 1. The van der Waals surface area contributed by atoms with Crippen molar-refractivity contribution in [3.63, 3.8) is 0 Å². The van der Waals surface area contributed by atoms with Gasteiger partial charge in [0.15, 0.2) is 0 Å². The van der Waals surface area contributed by atoms with Crippen LogP contribution in [-0.2, 0) is 6.42 Å². The van der Waals surface area contributed by atoms with Gasteiger partial charge < -0.3 is 0 Å². The van der Waals surface area contributed by atoms with Crippen molar-refractivity contribution in [2.24, 2.45) is 17.3 Å². The van der Waals surface area contributed by atoms with Crippen molar-refractivity contribution in [1.82, 2.24) is 0 Å². The maximum atomic E-state index is 6.83. The van der Waals surface area contributed by atoms with E-state index in [0.717, 1.165) is 6.42 Å². The minimum atomic E-state index is 0.165. The molecule has 0 bridgehead atoms. The van der Waals surface area contributed by atoms with E-state index in [1.165, 1.54) is 36.8 Å². The van der Waals surface area contributed by atoms with Gasteiger partial charge in [0.25, 0.3) is 0 Å². The van der Waals surface area contributed by atoms with Gasteiger partial charge in [0.05, 0.1) is 5.38 Å². The molecule has 1 aliphatic carbocycles. The van der Waals surface area contributed by atoms with Crippen molar-refractivity contribution in [3.05, 3.63) is 35.4 Å². The molecule has 0 nitrogen and oxygen atoms in total. The summed E-state index contributed by atoms with van der Waals surface area (Å²) in [4.78, 5) is 0. The molecule has 1 aromatic rings. The van der Waals surface area contributed by atoms with Crippen LogP contribution >= 0.6 is 11.6 Å². The van der Waals surface area contributed by atoms with Gasteiger partial charge in [-0.05, 0) is 47.6 Å². The molecular weight excluding hydrogens is 264 g/mol. The first-order valence-corrected chi connectivity index (χ1v) is 8.57. The summed E-state index contributed by atoms with van der Waals surface area (Å²) in [6.07, 6.45) is 6.44. The summed E-state index contributed by atoms with van der Waals surface area (Å²) in [6, 6.07) is 9.03. The molecule has 0 N–H and O–H groups in total. The normalized spacial score (nSPS) is 23.8. The van der Waals surface area contributed by atoms with Crippen LogP contribution in [0.3, 0.4) is 0 Å². The predicted molar refractivity (Wildman–Crippen MR) is 89.3 cm³/mol. The highest BCUT2D eigenvalue weighted by Gasteiger charge is 2.37. The predicted octanol–water partition coefficient (Wildman–Crippen LogP) is 6.38. The Hall–Kier alpha value is -0.490. The molecule has 0 radical (unpaired) electrons. The molecule has 1 aromatic carbocycles. The van der Waals surface area contributed by atoms with Crippen molar-refractivity contribution in [2.45, 2.75) is 65.2 Å². The Bertz CT molecular complexity index is 416. The summed E-state index contributed by atoms with van der Waals surface area (Å²) >= 11 is 6.83. The first kappa shape index (κ1) is 15.9. The third-order valence-electron chi connectivity index (χ3n) is 4.89. The molecule has 0 aliphatic heterocycles. The fourth-order valence-electron chi connectivity index (χ4n) is 3.60. The third kappa shape index (κ3) is 3.79. The largest absolute Gasteiger partial charge is 0.118 e. The summed E-state index contributed by atoms with van der Waals surface area (Å²) in [5.74, 6) is 1.32. The van der Waals surface area contributed by atoms with Gasteiger partial charge >= 0.3 is 0 Å². The number of rotatable bonds is 4. The average molecular weight is 293 g/mol.